The summed E-state index contributed by atoms with van der Waals surface area (Å²) >= 11 is 6.33. The highest BCUT2D eigenvalue weighted by molar-refractivity contribution is 6.33. The van der Waals surface area contributed by atoms with Crippen molar-refractivity contribution in [2.75, 3.05) is 0 Å². The molecule has 0 aliphatic heterocycles. The molecule has 1 atom stereocenters. The fourth-order valence-electron chi connectivity index (χ4n) is 3.78. The van der Waals surface area contributed by atoms with Gasteiger partial charge in [-0.15, -0.1) is 0 Å². The molecular weight excluding hydrogens is 405 g/mol. The quantitative estimate of drug-likeness (QED) is 0.357. The Kier molecular flexibility index (Phi) is 4.37. The van der Waals surface area contributed by atoms with Gasteiger partial charge in [0.1, 0.15) is 29.0 Å². The van der Waals surface area contributed by atoms with E-state index in [2.05, 4.69) is 9.97 Å². The van der Waals surface area contributed by atoms with Gasteiger partial charge in [0.2, 0.25) is 5.43 Å². The minimum Gasteiger partial charge on any atom is -0.458 e. The number of rotatable bonds is 3. The lowest BCUT2D eigenvalue weighted by atomic mass is 9.99. The largest absolute Gasteiger partial charge is 0.458 e. The van der Waals surface area contributed by atoms with E-state index in [1.165, 1.54) is 18.5 Å². The Bertz CT molecular complexity index is 1470. The first-order valence-corrected chi connectivity index (χ1v) is 9.71. The molecule has 0 aliphatic rings. The van der Waals surface area contributed by atoms with E-state index < -0.39 is 11.9 Å². The maximum absolute atomic E-state index is 14.0. The van der Waals surface area contributed by atoms with Crippen molar-refractivity contribution in [3.63, 3.8) is 0 Å². The summed E-state index contributed by atoms with van der Waals surface area (Å²) in [5.74, 6) is -0.0248. The molecule has 0 bridgehead atoms. The zero-order chi connectivity index (χ0) is 20.8. The highest BCUT2D eigenvalue weighted by atomic mass is 35.5. The monoisotopic (exact) mass is 419 g/mol. The van der Waals surface area contributed by atoms with Crippen LogP contribution in [0.4, 0.5) is 4.39 Å². The van der Waals surface area contributed by atoms with Crippen molar-refractivity contribution in [3.05, 3.63) is 94.1 Å². The molecule has 0 amide bonds. The molecule has 0 radical (unpaired) electrons. The van der Waals surface area contributed by atoms with Gasteiger partial charge in [0.05, 0.1) is 22.5 Å². The van der Waals surface area contributed by atoms with Crippen LogP contribution in [-0.2, 0) is 0 Å². The Morgan fingerprint density at radius 3 is 2.77 bits per heavy atom. The summed E-state index contributed by atoms with van der Waals surface area (Å²) in [7, 11) is 0. The molecule has 0 N–H and O–H groups in total. The average Bonchev–Trinajstić information content (AvgIpc) is 3.19. The third kappa shape index (κ3) is 2.88. The van der Waals surface area contributed by atoms with E-state index in [0.717, 1.165) is 0 Å². The van der Waals surface area contributed by atoms with Crippen LogP contribution in [0.2, 0.25) is 5.15 Å². The molecule has 0 aliphatic carbocycles. The highest BCUT2D eigenvalue weighted by Gasteiger charge is 2.24. The zero-order valence-corrected chi connectivity index (χ0v) is 16.6. The second-order valence-corrected chi connectivity index (χ2v) is 7.33. The fraction of sp³-hybridized carbons (Fsp3) is 0.0870. The van der Waals surface area contributed by atoms with E-state index in [9.17, 15) is 9.18 Å². The summed E-state index contributed by atoms with van der Waals surface area (Å²) in [6.45, 7) is 1.89. The van der Waals surface area contributed by atoms with E-state index in [0.29, 0.717) is 44.0 Å². The number of aromatic nitrogens is 3. The standard InChI is InChI=1S/C23H15ClFN3O2/c1-13(28-10-9-17-20(28)23(24)27-12-26-17)22-19(14-5-4-6-15(25)11-14)21(29)16-7-2-3-8-18(16)30-22/h2-13H,1H3. The van der Waals surface area contributed by atoms with Gasteiger partial charge in [-0.2, -0.15) is 0 Å². The van der Waals surface area contributed by atoms with E-state index in [-0.39, 0.29) is 5.43 Å². The van der Waals surface area contributed by atoms with Crippen molar-refractivity contribution >= 4 is 33.6 Å². The lowest BCUT2D eigenvalue weighted by Crippen LogP contribution is -2.15. The number of halogens is 2. The van der Waals surface area contributed by atoms with Crippen LogP contribution in [0.25, 0.3) is 33.1 Å². The number of hydrogen-bond acceptors (Lipinski definition) is 4. The number of benzene rings is 2. The predicted octanol–water partition coefficient (Wildman–Crippen LogP) is 5.61. The number of para-hydroxylation sites is 1. The van der Waals surface area contributed by atoms with E-state index >= 15 is 0 Å². The van der Waals surface area contributed by atoms with Crippen LogP contribution in [0.15, 0.2) is 76.3 Å². The lowest BCUT2D eigenvalue weighted by molar-refractivity contribution is 0.470. The van der Waals surface area contributed by atoms with Crippen LogP contribution in [0.3, 0.4) is 0 Å². The third-order valence-electron chi connectivity index (χ3n) is 5.19. The highest BCUT2D eigenvalue weighted by Crippen LogP contribution is 2.34. The van der Waals surface area contributed by atoms with Crippen molar-refractivity contribution in [3.8, 4) is 11.1 Å². The van der Waals surface area contributed by atoms with E-state index in [1.807, 2.05) is 23.8 Å². The van der Waals surface area contributed by atoms with Crippen LogP contribution < -0.4 is 5.43 Å². The molecule has 5 rings (SSSR count). The summed E-state index contributed by atoms with van der Waals surface area (Å²) < 4.78 is 22.1. The van der Waals surface area contributed by atoms with Crippen molar-refractivity contribution in [1.29, 1.82) is 0 Å². The van der Waals surface area contributed by atoms with Gasteiger partial charge >= 0.3 is 0 Å². The molecule has 0 fully saturated rings. The first-order chi connectivity index (χ1) is 14.5. The average molecular weight is 420 g/mol. The summed E-state index contributed by atoms with van der Waals surface area (Å²) in [6, 6.07) is 14.4. The van der Waals surface area contributed by atoms with Crippen molar-refractivity contribution < 1.29 is 8.81 Å². The van der Waals surface area contributed by atoms with Gasteiger partial charge in [-0.1, -0.05) is 35.9 Å². The molecule has 5 aromatic rings. The topological polar surface area (TPSA) is 60.9 Å². The van der Waals surface area contributed by atoms with Gasteiger partial charge in [-0.05, 0) is 42.8 Å². The summed E-state index contributed by atoms with van der Waals surface area (Å²) in [6.07, 6.45) is 3.22. The molecule has 3 aromatic heterocycles. The molecule has 3 heterocycles. The normalized spacial score (nSPS) is 12.5. The smallest absolute Gasteiger partial charge is 0.200 e. The van der Waals surface area contributed by atoms with E-state index in [1.54, 1.807) is 36.4 Å². The minimum absolute atomic E-state index is 0.219. The third-order valence-corrected chi connectivity index (χ3v) is 5.47. The Balaban J connectivity index is 1.83. The van der Waals surface area contributed by atoms with Crippen LogP contribution in [-0.4, -0.2) is 14.5 Å². The summed E-state index contributed by atoms with van der Waals surface area (Å²) in [5, 5.41) is 0.735. The number of fused-ring (bicyclic) bond motifs is 2. The van der Waals surface area contributed by atoms with Crippen LogP contribution in [0, 0.1) is 5.82 Å². The van der Waals surface area contributed by atoms with Gasteiger partial charge in [-0.3, -0.25) is 4.79 Å². The fourth-order valence-corrected chi connectivity index (χ4v) is 4.01. The maximum atomic E-state index is 14.0. The molecule has 0 saturated heterocycles. The molecule has 2 aromatic carbocycles. The second kappa shape index (κ2) is 7.07. The van der Waals surface area contributed by atoms with Gasteiger partial charge < -0.3 is 8.98 Å². The second-order valence-electron chi connectivity index (χ2n) is 6.97. The Hall–Kier alpha value is -3.51. The Morgan fingerprint density at radius 1 is 1.10 bits per heavy atom. The van der Waals surface area contributed by atoms with E-state index in [4.69, 9.17) is 16.0 Å². The van der Waals surface area contributed by atoms with Crippen LogP contribution >= 0.6 is 11.6 Å². The van der Waals surface area contributed by atoms with Crippen LogP contribution in [0.5, 0.6) is 0 Å². The molecule has 5 nitrogen and oxygen atoms in total. The molecule has 0 saturated carbocycles. The molecule has 0 spiro atoms. The summed E-state index contributed by atoms with van der Waals surface area (Å²) in [4.78, 5) is 21.7. The molecular formula is C23H15ClFN3O2. The van der Waals surface area contributed by atoms with Gasteiger partial charge in [0.15, 0.2) is 5.15 Å². The van der Waals surface area contributed by atoms with Gasteiger partial charge in [-0.25, -0.2) is 14.4 Å². The Morgan fingerprint density at radius 2 is 1.93 bits per heavy atom. The van der Waals surface area contributed by atoms with Crippen LogP contribution in [0.1, 0.15) is 18.7 Å². The number of nitrogens with zero attached hydrogens (tertiary/aromatic N) is 3. The minimum atomic E-state index is -0.429. The Labute approximate surface area is 175 Å². The first kappa shape index (κ1) is 18.5. The lowest BCUT2D eigenvalue weighted by Gasteiger charge is -2.19. The molecule has 7 heteroatoms. The predicted molar refractivity (Wildman–Crippen MR) is 114 cm³/mol. The molecule has 148 valence electrons. The van der Waals surface area contributed by atoms with Crippen molar-refractivity contribution in [2.24, 2.45) is 0 Å². The maximum Gasteiger partial charge on any atom is 0.200 e. The van der Waals surface area contributed by atoms with Crippen molar-refractivity contribution in [1.82, 2.24) is 14.5 Å². The van der Waals surface area contributed by atoms with Gasteiger partial charge in [0, 0.05) is 6.20 Å². The van der Waals surface area contributed by atoms with Crippen molar-refractivity contribution in [2.45, 2.75) is 13.0 Å². The SMILES string of the molecule is CC(c1oc2ccccc2c(=O)c1-c1cccc(F)c1)n1ccc2ncnc(Cl)c21. The zero-order valence-electron chi connectivity index (χ0n) is 15.8. The first-order valence-electron chi connectivity index (χ1n) is 9.33. The number of hydrogen-bond donors (Lipinski definition) is 0. The summed E-state index contributed by atoms with van der Waals surface area (Å²) in [5.41, 5.74) is 2.32. The van der Waals surface area contributed by atoms with Gasteiger partial charge in [0.25, 0.3) is 0 Å². The molecule has 30 heavy (non-hydrogen) atoms. The molecule has 1 unspecified atom stereocenters.